The molecule has 0 N–H and O–H groups in total. The Morgan fingerprint density at radius 1 is 0.975 bits per heavy atom. The number of alkyl halides is 6. The molecular formula is C28H31F7N2O3. The van der Waals surface area contributed by atoms with E-state index in [0.29, 0.717) is 23.3 Å². The first kappa shape index (κ1) is 31.2. The number of aryl methyl sites for hydroxylation is 1. The van der Waals surface area contributed by atoms with E-state index in [1.807, 2.05) is 0 Å². The number of carbonyl (C=O) groups is 2. The molecule has 0 aliphatic carbocycles. The summed E-state index contributed by atoms with van der Waals surface area (Å²) in [7, 11) is 1.30. The molecule has 1 aliphatic heterocycles. The average molecular weight is 577 g/mol. The van der Waals surface area contributed by atoms with E-state index in [1.165, 1.54) is 30.1 Å². The Hall–Kier alpha value is -3.31. The maximum Gasteiger partial charge on any atom is 0.416 e. The molecule has 0 spiro atoms. The van der Waals surface area contributed by atoms with Gasteiger partial charge in [-0.2, -0.15) is 26.3 Å². The summed E-state index contributed by atoms with van der Waals surface area (Å²) < 4.78 is 99.2. The molecule has 1 aliphatic rings. The number of rotatable bonds is 4. The Labute approximate surface area is 227 Å². The van der Waals surface area contributed by atoms with E-state index in [2.05, 4.69) is 0 Å². The number of hydrogen-bond donors (Lipinski definition) is 0. The van der Waals surface area contributed by atoms with Crippen LogP contribution < -0.4 is 0 Å². The molecule has 12 heteroatoms. The highest BCUT2D eigenvalue weighted by molar-refractivity contribution is 5.80. The van der Waals surface area contributed by atoms with Crippen LogP contribution in [0.15, 0.2) is 36.4 Å². The second-order valence-corrected chi connectivity index (χ2v) is 11.0. The average Bonchev–Trinajstić information content (AvgIpc) is 2.81. The van der Waals surface area contributed by atoms with Crippen molar-refractivity contribution in [2.45, 2.75) is 64.5 Å². The van der Waals surface area contributed by atoms with Crippen LogP contribution in [0.4, 0.5) is 35.5 Å². The minimum atomic E-state index is -5.02. The van der Waals surface area contributed by atoms with Crippen LogP contribution in [-0.4, -0.2) is 47.5 Å². The summed E-state index contributed by atoms with van der Waals surface area (Å²) >= 11 is 0. The summed E-state index contributed by atoms with van der Waals surface area (Å²) in [6.45, 7) is 6.44. The molecule has 0 bridgehead atoms. The minimum absolute atomic E-state index is 0.0328. The first-order chi connectivity index (χ1) is 18.3. The van der Waals surface area contributed by atoms with Crippen molar-refractivity contribution >= 4 is 12.0 Å². The third-order valence-corrected chi connectivity index (χ3v) is 6.66. The summed E-state index contributed by atoms with van der Waals surface area (Å²) in [5.41, 5.74) is -2.92. The number of ether oxygens (including phenoxy) is 1. The Morgan fingerprint density at radius 3 is 2.05 bits per heavy atom. The number of hydrogen-bond acceptors (Lipinski definition) is 3. The number of piperidine rings is 1. The van der Waals surface area contributed by atoms with Gasteiger partial charge in [-0.05, 0) is 81.1 Å². The molecule has 40 heavy (non-hydrogen) atoms. The minimum Gasteiger partial charge on any atom is -0.444 e. The fraction of sp³-hybridized carbons (Fsp3) is 0.500. The van der Waals surface area contributed by atoms with E-state index in [0.717, 1.165) is 4.90 Å². The molecule has 0 saturated carbocycles. The van der Waals surface area contributed by atoms with E-state index >= 15 is 0 Å². The van der Waals surface area contributed by atoms with Gasteiger partial charge in [-0.25, -0.2) is 9.18 Å². The summed E-state index contributed by atoms with van der Waals surface area (Å²) in [5, 5.41) is 0. The van der Waals surface area contributed by atoms with Crippen molar-refractivity contribution in [3.63, 3.8) is 0 Å². The van der Waals surface area contributed by atoms with E-state index in [9.17, 15) is 40.3 Å². The number of amides is 2. The number of halogens is 7. The SMILES string of the molecule is Cc1cc(F)ccc1[C@H]1CN(C(=O)OC(C)(C)C)CC[C@H]1C(=O)N(C)Cc1cc(C(F)(F)F)cc(C(F)(F)F)c1. The predicted molar refractivity (Wildman–Crippen MR) is 133 cm³/mol. The van der Waals surface area contributed by atoms with Crippen molar-refractivity contribution in [2.24, 2.45) is 5.92 Å². The molecule has 2 atom stereocenters. The molecule has 1 heterocycles. The van der Waals surface area contributed by atoms with Crippen molar-refractivity contribution < 1.29 is 45.1 Å². The van der Waals surface area contributed by atoms with E-state index in [4.69, 9.17) is 4.74 Å². The molecule has 3 rings (SSSR count). The summed E-state index contributed by atoms with van der Waals surface area (Å²) in [6.07, 6.45) is -10.5. The van der Waals surface area contributed by atoms with Gasteiger partial charge in [0.05, 0.1) is 11.1 Å². The van der Waals surface area contributed by atoms with Crippen LogP contribution in [-0.2, 0) is 28.4 Å². The molecule has 2 amide bonds. The summed E-state index contributed by atoms with van der Waals surface area (Å²) in [6, 6.07) is 5.23. The van der Waals surface area contributed by atoms with Crippen LogP contribution in [0.25, 0.3) is 0 Å². The molecule has 0 aromatic heterocycles. The third kappa shape index (κ3) is 7.66. The first-order valence-corrected chi connectivity index (χ1v) is 12.5. The number of nitrogens with zero attached hydrogens (tertiary/aromatic N) is 2. The molecule has 2 aromatic rings. The van der Waals surface area contributed by atoms with Crippen LogP contribution in [0.1, 0.15) is 60.9 Å². The number of benzene rings is 2. The zero-order chi connectivity index (χ0) is 30.2. The van der Waals surface area contributed by atoms with Gasteiger partial charge in [-0.15, -0.1) is 0 Å². The lowest BCUT2D eigenvalue weighted by molar-refractivity contribution is -0.143. The highest BCUT2D eigenvalue weighted by atomic mass is 19.4. The molecule has 1 saturated heterocycles. The predicted octanol–water partition coefficient (Wildman–Crippen LogP) is 7.17. The molecule has 0 unspecified atom stereocenters. The maximum atomic E-state index is 13.8. The van der Waals surface area contributed by atoms with E-state index in [-0.39, 0.29) is 31.1 Å². The largest absolute Gasteiger partial charge is 0.444 e. The highest BCUT2D eigenvalue weighted by Gasteiger charge is 2.41. The van der Waals surface area contributed by atoms with Gasteiger partial charge in [-0.1, -0.05) is 6.07 Å². The second-order valence-electron chi connectivity index (χ2n) is 11.0. The van der Waals surface area contributed by atoms with E-state index in [1.54, 1.807) is 27.7 Å². The zero-order valence-corrected chi connectivity index (χ0v) is 22.7. The summed E-state index contributed by atoms with van der Waals surface area (Å²) in [5.74, 6) is -2.42. The van der Waals surface area contributed by atoms with E-state index < -0.39 is 65.3 Å². The number of carbonyl (C=O) groups excluding carboxylic acids is 2. The molecule has 2 aromatic carbocycles. The Kier molecular flexibility index (Phi) is 8.81. The van der Waals surface area contributed by atoms with Crippen LogP contribution in [0.5, 0.6) is 0 Å². The lowest BCUT2D eigenvalue weighted by Gasteiger charge is -2.40. The second kappa shape index (κ2) is 11.3. The Morgan fingerprint density at radius 2 is 1.55 bits per heavy atom. The molecule has 1 fully saturated rings. The van der Waals surface area contributed by atoms with Crippen molar-refractivity contribution in [1.29, 1.82) is 0 Å². The monoisotopic (exact) mass is 576 g/mol. The number of likely N-dealkylation sites (tertiary alicyclic amines) is 1. The quantitative estimate of drug-likeness (QED) is 0.363. The zero-order valence-electron chi connectivity index (χ0n) is 22.7. The van der Waals surface area contributed by atoms with Gasteiger partial charge in [-0.3, -0.25) is 4.79 Å². The van der Waals surface area contributed by atoms with Crippen LogP contribution in [0.3, 0.4) is 0 Å². The van der Waals surface area contributed by atoms with Crippen LogP contribution in [0, 0.1) is 18.7 Å². The van der Waals surface area contributed by atoms with Gasteiger partial charge in [0.25, 0.3) is 0 Å². The normalized spacial score (nSPS) is 18.4. The van der Waals surface area contributed by atoms with Gasteiger partial charge < -0.3 is 14.5 Å². The van der Waals surface area contributed by atoms with Crippen molar-refractivity contribution in [2.75, 3.05) is 20.1 Å². The third-order valence-electron chi connectivity index (χ3n) is 6.66. The Bertz CT molecular complexity index is 1220. The standard InChI is InChI=1S/C28H31F7N2O3/c1-16-10-20(29)6-7-21(16)23-15-37(25(39)40-26(2,3)4)9-8-22(23)24(38)36(5)14-17-11-18(27(30,31)32)13-19(12-17)28(33,34)35/h6-7,10-13,22-23H,8-9,14-15H2,1-5H3/t22-,23-/m1/s1. The van der Waals surface area contributed by atoms with Crippen LogP contribution >= 0.6 is 0 Å². The maximum absolute atomic E-state index is 13.8. The molecule has 220 valence electrons. The molecule has 5 nitrogen and oxygen atoms in total. The highest BCUT2D eigenvalue weighted by Crippen LogP contribution is 2.38. The fourth-order valence-electron chi connectivity index (χ4n) is 4.86. The van der Waals surface area contributed by atoms with Gasteiger partial charge in [0.2, 0.25) is 5.91 Å². The molecular weight excluding hydrogens is 545 g/mol. The van der Waals surface area contributed by atoms with Crippen LogP contribution in [0.2, 0.25) is 0 Å². The van der Waals surface area contributed by atoms with Crippen molar-refractivity contribution in [3.8, 4) is 0 Å². The van der Waals surface area contributed by atoms with Crippen molar-refractivity contribution in [1.82, 2.24) is 9.80 Å². The van der Waals surface area contributed by atoms with Gasteiger partial charge in [0.1, 0.15) is 11.4 Å². The lowest BCUT2D eigenvalue weighted by Crippen LogP contribution is -2.49. The first-order valence-electron chi connectivity index (χ1n) is 12.5. The summed E-state index contributed by atoms with van der Waals surface area (Å²) in [4.78, 5) is 28.9. The Balaban J connectivity index is 1.92. The molecule has 0 radical (unpaired) electrons. The topological polar surface area (TPSA) is 49.9 Å². The van der Waals surface area contributed by atoms with Gasteiger partial charge >= 0.3 is 18.4 Å². The van der Waals surface area contributed by atoms with Crippen molar-refractivity contribution in [3.05, 3.63) is 70.0 Å². The lowest BCUT2D eigenvalue weighted by atomic mass is 9.78. The fourth-order valence-corrected chi connectivity index (χ4v) is 4.86. The van der Waals surface area contributed by atoms with Gasteiger partial charge in [0.15, 0.2) is 0 Å². The van der Waals surface area contributed by atoms with Gasteiger partial charge in [0, 0.05) is 38.5 Å². The smallest absolute Gasteiger partial charge is 0.416 e.